The summed E-state index contributed by atoms with van der Waals surface area (Å²) in [6, 6.07) is 15.6. The predicted octanol–water partition coefficient (Wildman–Crippen LogP) is 6.75. The SMILES string of the molecule is O=C1C(=O)N(c2cccc(C(F)(F)F)c2)C(c2ccc(Br)cc2)/C1=C(/O)c1ccc(Cl)cc1. The molecule has 1 aliphatic heterocycles. The van der Waals surface area contributed by atoms with E-state index in [0.717, 1.165) is 27.6 Å². The summed E-state index contributed by atoms with van der Waals surface area (Å²) in [4.78, 5) is 27.0. The minimum atomic E-state index is -4.64. The molecule has 3 aromatic rings. The second kappa shape index (κ2) is 8.68. The fourth-order valence-electron chi connectivity index (χ4n) is 3.65. The van der Waals surface area contributed by atoms with Gasteiger partial charge in [-0.2, -0.15) is 13.2 Å². The maximum Gasteiger partial charge on any atom is 0.416 e. The Kier molecular flexibility index (Phi) is 6.07. The molecule has 4 nitrogen and oxygen atoms in total. The van der Waals surface area contributed by atoms with Gasteiger partial charge in [-0.3, -0.25) is 14.5 Å². The number of benzene rings is 3. The average molecular weight is 537 g/mol. The highest BCUT2D eigenvalue weighted by Gasteiger charge is 2.47. The number of hydrogen-bond acceptors (Lipinski definition) is 3. The van der Waals surface area contributed by atoms with Crippen molar-refractivity contribution in [2.45, 2.75) is 12.2 Å². The third-order valence-corrected chi connectivity index (χ3v) is 5.98. The van der Waals surface area contributed by atoms with Crippen molar-refractivity contribution in [1.29, 1.82) is 0 Å². The van der Waals surface area contributed by atoms with Crippen LogP contribution in [0, 0.1) is 0 Å². The van der Waals surface area contributed by atoms with Crippen LogP contribution in [0.3, 0.4) is 0 Å². The van der Waals surface area contributed by atoms with Gasteiger partial charge >= 0.3 is 6.18 Å². The molecule has 1 aliphatic rings. The van der Waals surface area contributed by atoms with Gasteiger partial charge in [-0.15, -0.1) is 0 Å². The Labute approximate surface area is 200 Å². The lowest BCUT2D eigenvalue weighted by Gasteiger charge is -2.26. The van der Waals surface area contributed by atoms with E-state index < -0.39 is 35.2 Å². The molecule has 0 saturated carbocycles. The third-order valence-electron chi connectivity index (χ3n) is 5.20. The molecule has 1 heterocycles. The number of rotatable bonds is 3. The first-order valence-electron chi connectivity index (χ1n) is 9.57. The molecule has 0 aromatic heterocycles. The van der Waals surface area contributed by atoms with E-state index >= 15 is 0 Å². The number of anilines is 1. The number of hydrogen-bond donors (Lipinski definition) is 1. The first-order chi connectivity index (χ1) is 15.6. The number of aliphatic hydroxyl groups is 1. The third kappa shape index (κ3) is 4.41. The number of amides is 1. The molecule has 0 bridgehead atoms. The summed E-state index contributed by atoms with van der Waals surface area (Å²) in [6.45, 7) is 0. The Morgan fingerprint density at radius 2 is 1.61 bits per heavy atom. The predicted molar refractivity (Wildman–Crippen MR) is 122 cm³/mol. The topological polar surface area (TPSA) is 57.6 Å². The molecule has 168 valence electrons. The largest absolute Gasteiger partial charge is 0.507 e. The number of carbonyl (C=O) groups excluding carboxylic acids is 2. The Hall–Kier alpha value is -3.10. The molecule has 3 aromatic carbocycles. The monoisotopic (exact) mass is 535 g/mol. The van der Waals surface area contributed by atoms with Crippen molar-refractivity contribution in [2.75, 3.05) is 4.90 Å². The normalized spacial score (nSPS) is 18.1. The maximum absolute atomic E-state index is 13.3. The molecule has 0 radical (unpaired) electrons. The van der Waals surface area contributed by atoms with Crippen molar-refractivity contribution in [3.05, 3.63) is 105 Å². The summed E-state index contributed by atoms with van der Waals surface area (Å²) in [6.07, 6.45) is -4.64. The Morgan fingerprint density at radius 3 is 2.21 bits per heavy atom. The van der Waals surface area contributed by atoms with Crippen LogP contribution in [0.25, 0.3) is 5.76 Å². The van der Waals surface area contributed by atoms with Crippen LogP contribution in [-0.2, 0) is 15.8 Å². The number of carbonyl (C=O) groups is 2. The minimum Gasteiger partial charge on any atom is -0.507 e. The number of nitrogens with zero attached hydrogens (tertiary/aromatic N) is 1. The van der Waals surface area contributed by atoms with E-state index in [0.29, 0.717) is 10.6 Å². The van der Waals surface area contributed by atoms with Gasteiger partial charge in [0.25, 0.3) is 11.7 Å². The maximum atomic E-state index is 13.3. The Balaban J connectivity index is 1.94. The van der Waals surface area contributed by atoms with Gasteiger partial charge in [0.05, 0.1) is 17.2 Å². The lowest BCUT2D eigenvalue weighted by atomic mass is 9.95. The summed E-state index contributed by atoms with van der Waals surface area (Å²) < 4.78 is 40.7. The molecule has 9 heteroatoms. The second-order valence-corrected chi connectivity index (χ2v) is 8.63. The standard InChI is InChI=1S/C24H14BrClF3NO3/c25-16-8-4-13(5-9-16)20-19(21(31)14-6-10-17(26)11-7-14)22(32)23(33)30(20)18-3-1-2-15(12-18)24(27,28)29/h1-12,20,31H/b21-19-. The van der Waals surface area contributed by atoms with Gasteiger partial charge < -0.3 is 5.11 Å². The van der Waals surface area contributed by atoms with Crippen molar-refractivity contribution in [3.8, 4) is 0 Å². The molecule has 1 unspecified atom stereocenters. The van der Waals surface area contributed by atoms with E-state index in [9.17, 15) is 27.9 Å². The van der Waals surface area contributed by atoms with Crippen LogP contribution in [0.4, 0.5) is 18.9 Å². The lowest BCUT2D eigenvalue weighted by molar-refractivity contribution is -0.137. The summed E-state index contributed by atoms with van der Waals surface area (Å²) in [5.74, 6) is -2.50. The number of alkyl halides is 3. The second-order valence-electron chi connectivity index (χ2n) is 7.28. The van der Waals surface area contributed by atoms with Crippen LogP contribution in [0.2, 0.25) is 5.02 Å². The number of halogens is 5. The molecule has 33 heavy (non-hydrogen) atoms. The summed E-state index contributed by atoms with van der Waals surface area (Å²) in [5.41, 5.74) is -0.639. The van der Waals surface area contributed by atoms with E-state index in [2.05, 4.69) is 15.9 Å². The number of ketones is 1. The average Bonchev–Trinajstić information content (AvgIpc) is 3.04. The molecule has 0 spiro atoms. The highest BCUT2D eigenvalue weighted by molar-refractivity contribution is 9.10. The van der Waals surface area contributed by atoms with Gasteiger partial charge in [-0.05, 0) is 60.2 Å². The highest BCUT2D eigenvalue weighted by Crippen LogP contribution is 2.43. The fraction of sp³-hybridized carbons (Fsp3) is 0.0833. The van der Waals surface area contributed by atoms with Crippen LogP contribution in [0.5, 0.6) is 0 Å². The van der Waals surface area contributed by atoms with Gasteiger partial charge in [0.2, 0.25) is 0 Å². The van der Waals surface area contributed by atoms with Gasteiger partial charge in [0, 0.05) is 20.7 Å². The zero-order valence-corrected chi connectivity index (χ0v) is 18.9. The smallest absolute Gasteiger partial charge is 0.416 e. The zero-order valence-electron chi connectivity index (χ0n) is 16.6. The molecule has 4 rings (SSSR count). The van der Waals surface area contributed by atoms with Crippen LogP contribution < -0.4 is 4.90 Å². The van der Waals surface area contributed by atoms with Crippen LogP contribution in [-0.4, -0.2) is 16.8 Å². The first kappa shape index (κ1) is 23.1. The van der Waals surface area contributed by atoms with Crippen molar-refractivity contribution < 1.29 is 27.9 Å². The highest BCUT2D eigenvalue weighted by atomic mass is 79.9. The van der Waals surface area contributed by atoms with Crippen LogP contribution in [0.1, 0.15) is 22.7 Å². The fourth-order valence-corrected chi connectivity index (χ4v) is 4.04. The minimum absolute atomic E-state index is 0.116. The molecule has 0 aliphatic carbocycles. The molecule has 1 saturated heterocycles. The Morgan fingerprint density at radius 1 is 0.970 bits per heavy atom. The molecule has 1 atom stereocenters. The molecular formula is C24H14BrClF3NO3. The van der Waals surface area contributed by atoms with Crippen molar-refractivity contribution in [1.82, 2.24) is 0 Å². The van der Waals surface area contributed by atoms with Crippen LogP contribution in [0.15, 0.2) is 82.8 Å². The van der Waals surface area contributed by atoms with Gasteiger partial charge in [0.15, 0.2) is 0 Å². The number of aliphatic hydroxyl groups excluding tert-OH is 1. The molecule has 1 N–H and O–H groups in total. The molecule has 1 amide bonds. The van der Waals surface area contributed by atoms with Crippen molar-refractivity contribution in [2.24, 2.45) is 0 Å². The van der Waals surface area contributed by atoms with Gasteiger partial charge in [-0.25, -0.2) is 0 Å². The van der Waals surface area contributed by atoms with Crippen molar-refractivity contribution >= 4 is 50.7 Å². The quantitative estimate of drug-likeness (QED) is 0.229. The Bertz CT molecular complexity index is 1270. The lowest BCUT2D eigenvalue weighted by Crippen LogP contribution is -2.29. The first-order valence-corrected chi connectivity index (χ1v) is 10.7. The molecule has 1 fully saturated rings. The van der Waals surface area contributed by atoms with E-state index in [4.69, 9.17) is 11.6 Å². The zero-order chi connectivity index (χ0) is 23.9. The summed E-state index contributed by atoms with van der Waals surface area (Å²) in [7, 11) is 0. The van der Waals surface area contributed by atoms with E-state index in [1.165, 1.54) is 30.3 Å². The van der Waals surface area contributed by atoms with Crippen LogP contribution >= 0.6 is 27.5 Å². The number of Topliss-reactive ketones (excluding diaryl/α,β-unsaturated/α-hetero) is 1. The summed E-state index contributed by atoms with van der Waals surface area (Å²) >= 11 is 9.21. The summed E-state index contributed by atoms with van der Waals surface area (Å²) in [5, 5.41) is 11.4. The van der Waals surface area contributed by atoms with E-state index in [1.54, 1.807) is 24.3 Å². The van der Waals surface area contributed by atoms with E-state index in [1.807, 2.05) is 0 Å². The van der Waals surface area contributed by atoms with Gasteiger partial charge in [0.1, 0.15) is 5.76 Å². The molecular weight excluding hydrogens is 523 g/mol. The van der Waals surface area contributed by atoms with Gasteiger partial charge in [-0.1, -0.05) is 45.7 Å². The van der Waals surface area contributed by atoms with E-state index in [-0.39, 0.29) is 16.8 Å². The van der Waals surface area contributed by atoms with Crippen molar-refractivity contribution in [3.63, 3.8) is 0 Å².